The molecule has 22 heavy (non-hydrogen) atoms. The number of benzene rings is 2. The van der Waals surface area contributed by atoms with Gasteiger partial charge in [0.05, 0.1) is 5.52 Å². The number of nitrogens with zero attached hydrogens (tertiary/aromatic N) is 1. The molecule has 1 N–H and O–H groups in total. The minimum Gasteiger partial charge on any atom is -0.477 e. The van der Waals surface area contributed by atoms with E-state index in [2.05, 4.69) is 0 Å². The van der Waals surface area contributed by atoms with E-state index < -0.39 is 11.7 Å². The van der Waals surface area contributed by atoms with Gasteiger partial charge in [0.15, 0.2) is 0 Å². The molecule has 4 nitrogen and oxygen atoms in total. The molecule has 2 aromatic carbocycles. The molecule has 0 radical (unpaired) electrons. The topological polar surface area (TPSA) is 51.5 Å². The van der Waals surface area contributed by atoms with Gasteiger partial charge in [0.25, 0.3) is 5.72 Å². The third-order valence-corrected chi connectivity index (χ3v) is 3.83. The van der Waals surface area contributed by atoms with E-state index in [0.717, 1.165) is 10.9 Å². The molecule has 0 saturated heterocycles. The van der Waals surface area contributed by atoms with E-state index in [1.165, 1.54) is 0 Å². The van der Waals surface area contributed by atoms with E-state index in [1.807, 2.05) is 55.5 Å². The molecule has 0 amide bonds. The molecule has 3 aromatic rings. The molecule has 0 bridgehead atoms. The van der Waals surface area contributed by atoms with Crippen LogP contribution in [-0.2, 0) is 10.5 Å². The molecule has 0 aliphatic rings. The normalized spacial score (nSPS) is 13.7. The molecule has 1 aromatic heterocycles. The number of hydrogen-bond acceptors (Lipinski definition) is 2. The molecule has 1 unspecified atom stereocenters. The van der Waals surface area contributed by atoms with Crippen LogP contribution in [-0.4, -0.2) is 15.6 Å². The van der Waals surface area contributed by atoms with Crippen molar-refractivity contribution in [3.8, 4) is 5.75 Å². The summed E-state index contributed by atoms with van der Waals surface area (Å²) in [5.41, 5.74) is -0.632. The third kappa shape index (κ3) is 2.22. The number of aliphatic carboxylic acids is 1. The first kappa shape index (κ1) is 14.2. The standard InChI is InChI=1S/C18H17NO3/c1-2-18(17(20)21,22-15-9-4-3-5-10-15)19-13-12-14-8-6-7-11-16(14)19/h3-13H,2H2,1H3,(H,20,21). The summed E-state index contributed by atoms with van der Waals surface area (Å²) in [6, 6.07) is 18.6. The summed E-state index contributed by atoms with van der Waals surface area (Å²) >= 11 is 0. The zero-order valence-corrected chi connectivity index (χ0v) is 12.3. The van der Waals surface area contributed by atoms with E-state index in [9.17, 15) is 9.90 Å². The summed E-state index contributed by atoms with van der Waals surface area (Å²) in [4.78, 5) is 12.1. The van der Waals surface area contributed by atoms with E-state index >= 15 is 0 Å². The van der Waals surface area contributed by atoms with Gasteiger partial charge in [-0.05, 0) is 29.7 Å². The summed E-state index contributed by atoms with van der Waals surface area (Å²) in [7, 11) is 0. The SMILES string of the molecule is CCC(Oc1ccccc1)(C(=O)O)n1ccc2ccccc21. The maximum atomic E-state index is 12.1. The number of hydrogen-bond donors (Lipinski definition) is 1. The van der Waals surface area contributed by atoms with Crippen molar-refractivity contribution in [1.82, 2.24) is 4.57 Å². The van der Waals surface area contributed by atoms with Crippen LogP contribution in [0.4, 0.5) is 0 Å². The first-order chi connectivity index (χ1) is 10.7. The fraction of sp³-hybridized carbons (Fsp3) is 0.167. The van der Waals surface area contributed by atoms with Crippen LogP contribution in [0.15, 0.2) is 66.9 Å². The van der Waals surface area contributed by atoms with Gasteiger partial charge in [-0.1, -0.05) is 43.3 Å². The van der Waals surface area contributed by atoms with Gasteiger partial charge >= 0.3 is 5.97 Å². The van der Waals surface area contributed by atoms with Crippen LogP contribution in [0.5, 0.6) is 5.75 Å². The Kier molecular flexibility index (Phi) is 3.59. The molecule has 3 rings (SSSR count). The lowest BCUT2D eigenvalue weighted by atomic mass is 10.1. The number of aromatic nitrogens is 1. The Balaban J connectivity index is 2.16. The van der Waals surface area contributed by atoms with Crippen LogP contribution < -0.4 is 4.74 Å². The minimum absolute atomic E-state index is 0.301. The van der Waals surface area contributed by atoms with Crippen molar-refractivity contribution < 1.29 is 14.6 Å². The van der Waals surface area contributed by atoms with Crippen molar-refractivity contribution in [2.45, 2.75) is 19.1 Å². The fourth-order valence-electron chi connectivity index (χ4n) is 2.67. The van der Waals surface area contributed by atoms with Crippen molar-refractivity contribution in [2.24, 2.45) is 0 Å². The van der Waals surface area contributed by atoms with Gasteiger partial charge in [-0.25, -0.2) is 4.79 Å². The van der Waals surface area contributed by atoms with Gasteiger partial charge in [0.1, 0.15) is 5.75 Å². The van der Waals surface area contributed by atoms with Crippen LogP contribution in [0.2, 0.25) is 0 Å². The number of carbonyl (C=O) groups is 1. The lowest BCUT2D eigenvalue weighted by molar-refractivity contribution is -0.165. The zero-order chi connectivity index (χ0) is 15.6. The largest absolute Gasteiger partial charge is 0.477 e. The van der Waals surface area contributed by atoms with Crippen molar-refractivity contribution >= 4 is 16.9 Å². The van der Waals surface area contributed by atoms with Crippen LogP contribution in [0.3, 0.4) is 0 Å². The second-order valence-corrected chi connectivity index (χ2v) is 5.10. The molecular formula is C18H17NO3. The molecule has 0 saturated carbocycles. The van der Waals surface area contributed by atoms with Crippen LogP contribution in [0.25, 0.3) is 10.9 Å². The number of carboxylic acid groups (broad SMARTS) is 1. The van der Waals surface area contributed by atoms with Gasteiger partial charge in [-0.3, -0.25) is 4.57 Å². The molecule has 0 aliphatic heterocycles. The highest BCUT2D eigenvalue weighted by Crippen LogP contribution is 2.31. The van der Waals surface area contributed by atoms with E-state index in [0.29, 0.717) is 12.2 Å². The molecule has 1 heterocycles. The predicted molar refractivity (Wildman–Crippen MR) is 84.9 cm³/mol. The Morgan fingerprint density at radius 3 is 2.45 bits per heavy atom. The molecular weight excluding hydrogens is 278 g/mol. The molecule has 0 fully saturated rings. The average molecular weight is 295 g/mol. The Morgan fingerprint density at radius 2 is 1.77 bits per heavy atom. The number of para-hydroxylation sites is 2. The van der Waals surface area contributed by atoms with Crippen LogP contribution in [0, 0.1) is 0 Å². The zero-order valence-electron chi connectivity index (χ0n) is 12.3. The summed E-state index contributed by atoms with van der Waals surface area (Å²) in [5, 5.41) is 10.9. The lowest BCUT2D eigenvalue weighted by Gasteiger charge is -2.31. The van der Waals surface area contributed by atoms with Crippen molar-refractivity contribution in [3.63, 3.8) is 0 Å². The molecule has 4 heteroatoms. The number of ether oxygens (including phenoxy) is 1. The molecule has 0 spiro atoms. The van der Waals surface area contributed by atoms with Gasteiger partial charge in [-0.2, -0.15) is 0 Å². The monoisotopic (exact) mass is 295 g/mol. The van der Waals surface area contributed by atoms with Gasteiger partial charge in [0.2, 0.25) is 0 Å². The second kappa shape index (κ2) is 5.56. The second-order valence-electron chi connectivity index (χ2n) is 5.10. The lowest BCUT2D eigenvalue weighted by Crippen LogP contribution is -2.46. The Bertz CT molecular complexity index is 794. The molecule has 112 valence electrons. The fourth-order valence-corrected chi connectivity index (χ4v) is 2.67. The van der Waals surface area contributed by atoms with Gasteiger partial charge < -0.3 is 9.84 Å². The third-order valence-electron chi connectivity index (χ3n) is 3.83. The number of carboxylic acids is 1. The van der Waals surface area contributed by atoms with Crippen molar-refractivity contribution in [1.29, 1.82) is 0 Å². The highest BCUT2D eigenvalue weighted by atomic mass is 16.5. The van der Waals surface area contributed by atoms with E-state index in [-0.39, 0.29) is 0 Å². The van der Waals surface area contributed by atoms with Gasteiger partial charge in [0, 0.05) is 12.6 Å². The van der Waals surface area contributed by atoms with E-state index in [1.54, 1.807) is 22.9 Å². The minimum atomic E-state index is -1.47. The summed E-state index contributed by atoms with van der Waals surface area (Å²) < 4.78 is 7.62. The quantitative estimate of drug-likeness (QED) is 0.777. The smallest absolute Gasteiger partial charge is 0.370 e. The Hall–Kier alpha value is -2.75. The highest BCUT2D eigenvalue weighted by Gasteiger charge is 2.42. The van der Waals surface area contributed by atoms with Crippen molar-refractivity contribution in [3.05, 3.63) is 66.9 Å². The first-order valence-electron chi connectivity index (χ1n) is 7.21. The predicted octanol–water partition coefficient (Wildman–Crippen LogP) is 3.87. The van der Waals surface area contributed by atoms with Crippen LogP contribution >= 0.6 is 0 Å². The first-order valence-corrected chi connectivity index (χ1v) is 7.21. The summed E-state index contributed by atoms with van der Waals surface area (Å²) in [6.07, 6.45) is 2.07. The molecule has 0 aliphatic carbocycles. The average Bonchev–Trinajstić information content (AvgIpc) is 2.98. The number of rotatable bonds is 5. The van der Waals surface area contributed by atoms with E-state index in [4.69, 9.17) is 4.74 Å². The maximum Gasteiger partial charge on any atom is 0.370 e. The van der Waals surface area contributed by atoms with Crippen LogP contribution in [0.1, 0.15) is 13.3 Å². The number of fused-ring (bicyclic) bond motifs is 1. The van der Waals surface area contributed by atoms with Crippen molar-refractivity contribution in [2.75, 3.05) is 0 Å². The highest BCUT2D eigenvalue weighted by molar-refractivity contribution is 5.84. The summed E-state index contributed by atoms with van der Waals surface area (Å²) in [5.74, 6) is -0.482. The maximum absolute atomic E-state index is 12.1. The Morgan fingerprint density at radius 1 is 1.09 bits per heavy atom. The Labute approximate surface area is 128 Å². The molecule has 1 atom stereocenters. The summed E-state index contributed by atoms with van der Waals surface area (Å²) in [6.45, 7) is 1.81. The van der Waals surface area contributed by atoms with Gasteiger partial charge in [-0.15, -0.1) is 0 Å².